The fraction of sp³-hybridized carbons (Fsp3) is 0.250. The molecule has 2 aromatic rings. The highest BCUT2D eigenvalue weighted by atomic mass is 35.5. The van der Waals surface area contributed by atoms with Crippen LogP contribution in [0.1, 0.15) is 22.8 Å². The normalized spacial score (nSPS) is 12.2. The molecule has 19 heavy (non-hydrogen) atoms. The van der Waals surface area contributed by atoms with Crippen LogP contribution < -0.4 is 5.32 Å². The van der Waals surface area contributed by atoms with E-state index in [0.29, 0.717) is 11.6 Å². The minimum atomic E-state index is -0.528. The number of halogens is 1. The third kappa shape index (κ3) is 3.49. The zero-order chi connectivity index (χ0) is 13.8. The zero-order valence-corrected chi connectivity index (χ0v) is 11.9. The van der Waals surface area contributed by atoms with Crippen LogP contribution in [0.5, 0.6) is 0 Å². The second kappa shape index (κ2) is 6.09. The van der Waals surface area contributed by atoms with Crippen molar-refractivity contribution in [2.45, 2.75) is 20.0 Å². The number of rotatable bonds is 4. The fourth-order valence-electron chi connectivity index (χ4n) is 2.06. The summed E-state index contributed by atoms with van der Waals surface area (Å²) in [6.07, 6.45) is -0.528. The van der Waals surface area contributed by atoms with E-state index in [9.17, 15) is 5.11 Å². The largest absolute Gasteiger partial charge is 0.387 e. The van der Waals surface area contributed by atoms with Gasteiger partial charge in [0, 0.05) is 17.3 Å². The lowest BCUT2D eigenvalue weighted by Crippen LogP contribution is -2.13. The number of aliphatic hydroxyl groups excluding tert-OH is 1. The number of nitrogens with one attached hydrogen (secondary N) is 1. The summed E-state index contributed by atoms with van der Waals surface area (Å²) in [4.78, 5) is 0. The maximum Gasteiger partial charge on any atom is 0.0964 e. The van der Waals surface area contributed by atoms with Crippen molar-refractivity contribution in [2.24, 2.45) is 0 Å². The molecule has 0 saturated heterocycles. The molecule has 0 fully saturated rings. The lowest BCUT2D eigenvalue weighted by Gasteiger charge is -2.16. The summed E-state index contributed by atoms with van der Waals surface area (Å²) >= 11 is 5.97. The maximum atomic E-state index is 10.2. The Balaban J connectivity index is 2.06. The molecule has 0 heterocycles. The predicted molar refractivity (Wildman–Crippen MR) is 80.8 cm³/mol. The number of anilines is 1. The molecular weight excluding hydrogens is 258 g/mol. The Morgan fingerprint density at radius 3 is 2.58 bits per heavy atom. The predicted octanol–water partition coefficient (Wildman–Crippen LogP) is 4.10. The Bertz CT molecular complexity index is 568. The van der Waals surface area contributed by atoms with Gasteiger partial charge in [0.05, 0.1) is 6.10 Å². The SMILES string of the molecule is Cc1ccc(Cl)cc1NCC(O)c1ccccc1C. The molecule has 1 unspecified atom stereocenters. The number of benzene rings is 2. The highest BCUT2D eigenvalue weighted by Crippen LogP contribution is 2.22. The van der Waals surface area contributed by atoms with Crippen molar-refractivity contribution in [1.29, 1.82) is 0 Å². The summed E-state index contributed by atoms with van der Waals surface area (Å²) < 4.78 is 0. The van der Waals surface area contributed by atoms with Crippen molar-refractivity contribution < 1.29 is 5.11 Å². The molecule has 0 aliphatic heterocycles. The Labute approximate surface area is 119 Å². The standard InChI is InChI=1S/C16H18ClNO/c1-11-5-3-4-6-14(11)16(19)10-18-15-9-13(17)8-7-12(15)2/h3-9,16,18-19H,10H2,1-2H3. The van der Waals surface area contributed by atoms with E-state index in [0.717, 1.165) is 22.4 Å². The third-order valence-corrected chi connectivity index (χ3v) is 3.47. The van der Waals surface area contributed by atoms with Crippen molar-refractivity contribution in [3.05, 3.63) is 64.2 Å². The molecular formula is C16H18ClNO. The molecule has 0 saturated carbocycles. The molecule has 0 spiro atoms. The highest BCUT2D eigenvalue weighted by molar-refractivity contribution is 6.30. The van der Waals surface area contributed by atoms with Gasteiger partial charge < -0.3 is 10.4 Å². The molecule has 1 atom stereocenters. The minimum absolute atomic E-state index is 0.464. The van der Waals surface area contributed by atoms with Crippen molar-refractivity contribution in [1.82, 2.24) is 0 Å². The smallest absolute Gasteiger partial charge is 0.0964 e. The Morgan fingerprint density at radius 1 is 1.11 bits per heavy atom. The summed E-state index contributed by atoms with van der Waals surface area (Å²) in [7, 11) is 0. The number of hydrogen-bond donors (Lipinski definition) is 2. The molecule has 100 valence electrons. The molecule has 0 radical (unpaired) electrons. The molecule has 0 aliphatic rings. The lowest BCUT2D eigenvalue weighted by atomic mass is 10.0. The van der Waals surface area contributed by atoms with E-state index in [-0.39, 0.29) is 0 Å². The topological polar surface area (TPSA) is 32.3 Å². The Morgan fingerprint density at radius 2 is 1.84 bits per heavy atom. The van der Waals surface area contributed by atoms with Crippen LogP contribution in [0.15, 0.2) is 42.5 Å². The second-order valence-electron chi connectivity index (χ2n) is 4.71. The fourth-order valence-corrected chi connectivity index (χ4v) is 2.23. The first-order valence-electron chi connectivity index (χ1n) is 6.31. The molecule has 0 bridgehead atoms. The van der Waals surface area contributed by atoms with E-state index >= 15 is 0 Å². The quantitative estimate of drug-likeness (QED) is 0.880. The zero-order valence-electron chi connectivity index (χ0n) is 11.2. The van der Waals surface area contributed by atoms with Gasteiger partial charge in [-0.25, -0.2) is 0 Å². The third-order valence-electron chi connectivity index (χ3n) is 3.23. The summed E-state index contributed by atoms with van der Waals surface area (Å²) in [6.45, 7) is 4.48. The summed E-state index contributed by atoms with van der Waals surface area (Å²) in [6, 6.07) is 13.6. The van der Waals surface area contributed by atoms with Crippen LogP contribution in [-0.2, 0) is 0 Å². The van der Waals surface area contributed by atoms with E-state index in [2.05, 4.69) is 5.32 Å². The van der Waals surface area contributed by atoms with Crippen LogP contribution in [0.2, 0.25) is 5.02 Å². The molecule has 2 nitrogen and oxygen atoms in total. The van der Waals surface area contributed by atoms with Crippen molar-refractivity contribution >= 4 is 17.3 Å². The van der Waals surface area contributed by atoms with Gasteiger partial charge >= 0.3 is 0 Å². The molecule has 2 N–H and O–H groups in total. The number of aryl methyl sites for hydroxylation is 2. The van der Waals surface area contributed by atoms with Crippen LogP contribution in [0, 0.1) is 13.8 Å². The average molecular weight is 276 g/mol. The summed E-state index contributed by atoms with van der Waals surface area (Å²) in [5.74, 6) is 0. The van der Waals surface area contributed by atoms with Gasteiger partial charge in [-0.05, 0) is 42.7 Å². The van der Waals surface area contributed by atoms with Crippen LogP contribution >= 0.6 is 11.6 Å². The molecule has 2 rings (SSSR count). The average Bonchev–Trinajstić information content (AvgIpc) is 2.40. The van der Waals surface area contributed by atoms with Crippen LogP contribution in [-0.4, -0.2) is 11.7 Å². The lowest BCUT2D eigenvalue weighted by molar-refractivity contribution is 0.191. The van der Waals surface area contributed by atoms with Crippen LogP contribution in [0.25, 0.3) is 0 Å². The maximum absolute atomic E-state index is 10.2. The number of hydrogen-bond acceptors (Lipinski definition) is 2. The Hall–Kier alpha value is -1.51. The van der Waals surface area contributed by atoms with Gasteiger partial charge in [-0.2, -0.15) is 0 Å². The van der Waals surface area contributed by atoms with Crippen LogP contribution in [0.3, 0.4) is 0 Å². The summed E-state index contributed by atoms with van der Waals surface area (Å²) in [5.41, 5.74) is 4.12. The van der Waals surface area contributed by atoms with Crippen molar-refractivity contribution in [3.8, 4) is 0 Å². The minimum Gasteiger partial charge on any atom is -0.387 e. The first-order valence-corrected chi connectivity index (χ1v) is 6.69. The van der Waals surface area contributed by atoms with Gasteiger partial charge in [-0.15, -0.1) is 0 Å². The first-order chi connectivity index (χ1) is 9.08. The van der Waals surface area contributed by atoms with Gasteiger partial charge in [0.25, 0.3) is 0 Å². The van der Waals surface area contributed by atoms with Crippen LogP contribution in [0.4, 0.5) is 5.69 Å². The monoisotopic (exact) mass is 275 g/mol. The molecule has 2 aromatic carbocycles. The van der Waals surface area contributed by atoms with Gasteiger partial charge in [-0.3, -0.25) is 0 Å². The van der Waals surface area contributed by atoms with Gasteiger partial charge in [-0.1, -0.05) is 41.9 Å². The van der Waals surface area contributed by atoms with E-state index < -0.39 is 6.10 Å². The van der Waals surface area contributed by atoms with E-state index in [1.807, 2.05) is 56.3 Å². The number of aliphatic hydroxyl groups is 1. The van der Waals surface area contributed by atoms with Crippen molar-refractivity contribution in [3.63, 3.8) is 0 Å². The highest BCUT2D eigenvalue weighted by Gasteiger charge is 2.10. The van der Waals surface area contributed by atoms with Gasteiger partial charge in [0.1, 0.15) is 0 Å². The van der Waals surface area contributed by atoms with E-state index in [1.54, 1.807) is 0 Å². The first kappa shape index (κ1) is 13.9. The van der Waals surface area contributed by atoms with Gasteiger partial charge in [0.15, 0.2) is 0 Å². The summed E-state index contributed by atoms with van der Waals surface area (Å²) in [5, 5.41) is 14.2. The Kier molecular flexibility index (Phi) is 4.46. The van der Waals surface area contributed by atoms with E-state index in [1.165, 1.54) is 0 Å². The van der Waals surface area contributed by atoms with Gasteiger partial charge in [0.2, 0.25) is 0 Å². The second-order valence-corrected chi connectivity index (χ2v) is 5.15. The molecule has 0 amide bonds. The van der Waals surface area contributed by atoms with E-state index in [4.69, 9.17) is 11.6 Å². The molecule has 3 heteroatoms. The molecule has 0 aliphatic carbocycles. The van der Waals surface area contributed by atoms with Crippen molar-refractivity contribution in [2.75, 3.05) is 11.9 Å². The molecule has 0 aromatic heterocycles.